The second-order valence-electron chi connectivity index (χ2n) is 5.30. The number of aromatic nitrogens is 3. The van der Waals surface area contributed by atoms with Crippen molar-refractivity contribution in [3.63, 3.8) is 0 Å². The summed E-state index contributed by atoms with van der Waals surface area (Å²) < 4.78 is 1.89. The van der Waals surface area contributed by atoms with Gasteiger partial charge in [-0.05, 0) is 32.9 Å². The summed E-state index contributed by atoms with van der Waals surface area (Å²) in [7, 11) is 2.18. The van der Waals surface area contributed by atoms with Crippen molar-refractivity contribution >= 4 is 0 Å². The molecule has 0 saturated carbocycles. The maximum absolute atomic E-state index is 9.59. The van der Waals surface area contributed by atoms with Gasteiger partial charge in [0.05, 0.1) is 12.6 Å². The zero-order valence-electron chi connectivity index (χ0n) is 10.3. The van der Waals surface area contributed by atoms with Gasteiger partial charge in [-0.2, -0.15) is 5.10 Å². The lowest BCUT2D eigenvalue weighted by molar-refractivity contribution is 0.124. The Morgan fingerprint density at radius 3 is 3.06 bits per heavy atom. The summed E-state index contributed by atoms with van der Waals surface area (Å²) >= 11 is 0. The van der Waals surface area contributed by atoms with Crippen LogP contribution >= 0.6 is 0 Å². The molecule has 1 saturated heterocycles. The first kappa shape index (κ1) is 11.2. The Labute approximate surface area is 101 Å². The van der Waals surface area contributed by atoms with Gasteiger partial charge in [0.1, 0.15) is 5.82 Å². The van der Waals surface area contributed by atoms with E-state index < -0.39 is 0 Å². The van der Waals surface area contributed by atoms with Crippen LogP contribution in [-0.2, 0) is 19.4 Å². The van der Waals surface area contributed by atoms with Crippen LogP contribution in [-0.4, -0.2) is 50.5 Å². The molecule has 0 bridgehead atoms. The number of hydrogen-bond donors (Lipinski definition) is 1. The predicted molar refractivity (Wildman–Crippen MR) is 63.7 cm³/mol. The van der Waals surface area contributed by atoms with Crippen LogP contribution in [0.3, 0.4) is 0 Å². The van der Waals surface area contributed by atoms with Gasteiger partial charge in [0.25, 0.3) is 0 Å². The minimum atomic E-state index is -0.244. The molecule has 0 spiro atoms. The predicted octanol–water partition coefficient (Wildman–Crippen LogP) is 0.222. The Morgan fingerprint density at radius 2 is 2.29 bits per heavy atom. The molecule has 1 N–H and O–H groups in total. The minimum absolute atomic E-state index is 0.244. The SMILES string of the molecule is CN1CCCC1Cc1nc2n(n1)CC(O)CC2. The number of rotatable bonds is 2. The average molecular weight is 236 g/mol. The smallest absolute Gasteiger partial charge is 0.152 e. The molecule has 3 heterocycles. The highest BCUT2D eigenvalue weighted by atomic mass is 16.3. The van der Waals surface area contributed by atoms with Crippen LogP contribution in [0.1, 0.15) is 30.9 Å². The molecule has 1 aromatic heterocycles. The largest absolute Gasteiger partial charge is 0.391 e. The minimum Gasteiger partial charge on any atom is -0.391 e. The van der Waals surface area contributed by atoms with Gasteiger partial charge in [-0.3, -0.25) is 0 Å². The van der Waals surface area contributed by atoms with E-state index in [1.165, 1.54) is 19.4 Å². The molecule has 0 amide bonds. The second kappa shape index (κ2) is 4.38. The van der Waals surface area contributed by atoms with E-state index in [0.29, 0.717) is 12.6 Å². The Kier molecular flexibility index (Phi) is 2.88. The first-order valence-corrected chi connectivity index (χ1v) is 6.53. The fraction of sp³-hybridized carbons (Fsp3) is 0.833. The number of nitrogens with zero attached hydrogens (tertiary/aromatic N) is 4. The van der Waals surface area contributed by atoms with Crippen LogP contribution in [0.2, 0.25) is 0 Å². The third-order valence-electron chi connectivity index (χ3n) is 3.97. The number of fused-ring (bicyclic) bond motifs is 1. The van der Waals surface area contributed by atoms with E-state index in [4.69, 9.17) is 0 Å². The Hall–Kier alpha value is -0.940. The molecule has 5 nitrogen and oxygen atoms in total. The van der Waals surface area contributed by atoms with Crippen molar-refractivity contribution in [3.8, 4) is 0 Å². The molecule has 2 aliphatic heterocycles. The van der Waals surface area contributed by atoms with Gasteiger partial charge in [0.2, 0.25) is 0 Å². The van der Waals surface area contributed by atoms with E-state index >= 15 is 0 Å². The highest BCUT2D eigenvalue weighted by Gasteiger charge is 2.25. The molecule has 2 atom stereocenters. The van der Waals surface area contributed by atoms with Gasteiger partial charge < -0.3 is 10.0 Å². The van der Waals surface area contributed by atoms with Gasteiger partial charge in [0, 0.05) is 18.9 Å². The quantitative estimate of drug-likeness (QED) is 0.798. The summed E-state index contributed by atoms with van der Waals surface area (Å²) in [5, 5.41) is 14.1. The number of hydrogen-bond acceptors (Lipinski definition) is 4. The lowest BCUT2D eigenvalue weighted by Gasteiger charge is -2.17. The first-order valence-electron chi connectivity index (χ1n) is 6.53. The number of aryl methyl sites for hydroxylation is 1. The summed E-state index contributed by atoms with van der Waals surface area (Å²) in [6, 6.07) is 0.601. The molecule has 1 aromatic rings. The molecule has 0 aliphatic carbocycles. The number of likely N-dealkylation sites (tertiary alicyclic amines) is 1. The van der Waals surface area contributed by atoms with Crippen molar-refractivity contribution in [3.05, 3.63) is 11.6 Å². The molecule has 17 heavy (non-hydrogen) atoms. The van der Waals surface area contributed by atoms with Gasteiger partial charge in [0.15, 0.2) is 5.82 Å². The topological polar surface area (TPSA) is 54.2 Å². The fourth-order valence-electron chi connectivity index (χ4n) is 2.88. The molecule has 2 unspecified atom stereocenters. The van der Waals surface area contributed by atoms with E-state index in [-0.39, 0.29) is 6.10 Å². The van der Waals surface area contributed by atoms with Crippen molar-refractivity contribution in [2.75, 3.05) is 13.6 Å². The van der Waals surface area contributed by atoms with E-state index in [1.807, 2.05) is 4.68 Å². The number of aliphatic hydroxyl groups excluding tert-OH is 1. The number of likely N-dealkylation sites (N-methyl/N-ethyl adjacent to an activating group) is 1. The van der Waals surface area contributed by atoms with Crippen LogP contribution in [0.25, 0.3) is 0 Å². The van der Waals surface area contributed by atoms with E-state index in [2.05, 4.69) is 22.0 Å². The normalized spacial score (nSPS) is 29.5. The zero-order chi connectivity index (χ0) is 11.8. The van der Waals surface area contributed by atoms with Crippen LogP contribution in [0.15, 0.2) is 0 Å². The molecule has 0 aromatic carbocycles. The Morgan fingerprint density at radius 1 is 1.41 bits per heavy atom. The first-order chi connectivity index (χ1) is 8.22. The Balaban J connectivity index is 1.72. The maximum atomic E-state index is 9.59. The van der Waals surface area contributed by atoms with E-state index in [0.717, 1.165) is 30.9 Å². The Bertz CT molecular complexity index is 403. The van der Waals surface area contributed by atoms with Crippen molar-refractivity contribution in [2.24, 2.45) is 0 Å². The van der Waals surface area contributed by atoms with Gasteiger partial charge >= 0.3 is 0 Å². The lowest BCUT2D eigenvalue weighted by atomic mass is 10.1. The highest BCUT2D eigenvalue weighted by molar-refractivity contribution is 4.99. The van der Waals surface area contributed by atoms with Crippen LogP contribution in [0.5, 0.6) is 0 Å². The van der Waals surface area contributed by atoms with Gasteiger partial charge in [-0.15, -0.1) is 0 Å². The zero-order valence-corrected chi connectivity index (χ0v) is 10.3. The van der Waals surface area contributed by atoms with Gasteiger partial charge in [-0.1, -0.05) is 0 Å². The molecule has 1 fully saturated rings. The third kappa shape index (κ3) is 2.21. The van der Waals surface area contributed by atoms with Crippen molar-refractivity contribution in [1.29, 1.82) is 0 Å². The summed E-state index contributed by atoms with van der Waals surface area (Å²) in [5.41, 5.74) is 0. The van der Waals surface area contributed by atoms with E-state index in [1.54, 1.807) is 0 Å². The maximum Gasteiger partial charge on any atom is 0.152 e. The van der Waals surface area contributed by atoms with Crippen molar-refractivity contribution in [2.45, 2.75) is 50.8 Å². The second-order valence-corrected chi connectivity index (χ2v) is 5.30. The van der Waals surface area contributed by atoms with Crippen molar-refractivity contribution in [1.82, 2.24) is 19.7 Å². The number of aliphatic hydroxyl groups is 1. The van der Waals surface area contributed by atoms with Crippen LogP contribution in [0, 0.1) is 0 Å². The molecule has 3 rings (SSSR count). The molecule has 94 valence electrons. The summed E-state index contributed by atoms with van der Waals surface area (Å²) in [6.45, 7) is 1.81. The summed E-state index contributed by atoms with van der Waals surface area (Å²) in [6.07, 6.45) is 4.92. The standard InChI is InChI=1S/C12H20N4O/c1-15-6-2-3-9(15)7-11-13-12-5-4-10(17)8-16(12)14-11/h9-10,17H,2-8H2,1H3. The lowest BCUT2D eigenvalue weighted by Crippen LogP contribution is -2.27. The highest BCUT2D eigenvalue weighted by Crippen LogP contribution is 2.19. The van der Waals surface area contributed by atoms with Crippen molar-refractivity contribution < 1.29 is 5.11 Å². The molecule has 5 heteroatoms. The molecule has 0 radical (unpaired) electrons. The van der Waals surface area contributed by atoms with Crippen LogP contribution < -0.4 is 0 Å². The summed E-state index contributed by atoms with van der Waals surface area (Å²) in [4.78, 5) is 6.99. The summed E-state index contributed by atoms with van der Waals surface area (Å²) in [5.74, 6) is 2.00. The molecular weight excluding hydrogens is 216 g/mol. The fourth-order valence-corrected chi connectivity index (χ4v) is 2.88. The van der Waals surface area contributed by atoms with Crippen LogP contribution in [0.4, 0.5) is 0 Å². The third-order valence-corrected chi connectivity index (χ3v) is 3.97. The van der Waals surface area contributed by atoms with Gasteiger partial charge in [-0.25, -0.2) is 9.67 Å². The monoisotopic (exact) mass is 236 g/mol. The molecule has 2 aliphatic rings. The molecular formula is C12H20N4O. The van der Waals surface area contributed by atoms with E-state index in [9.17, 15) is 5.11 Å². The average Bonchev–Trinajstić information content (AvgIpc) is 2.85.